The second kappa shape index (κ2) is 15.8. The van der Waals surface area contributed by atoms with Crippen LogP contribution >= 0.6 is 0 Å². The van der Waals surface area contributed by atoms with Gasteiger partial charge in [0.25, 0.3) is 0 Å². The van der Waals surface area contributed by atoms with Gasteiger partial charge in [0, 0.05) is 42.3 Å². The lowest BCUT2D eigenvalue weighted by Crippen LogP contribution is -3.02. The topological polar surface area (TPSA) is 109 Å². The second-order valence-corrected chi connectivity index (χ2v) is 28.5. The van der Waals surface area contributed by atoms with Crippen LogP contribution in [0.2, 0.25) is 26.2 Å². The first-order chi connectivity index (χ1) is 19.0. The van der Waals surface area contributed by atoms with Gasteiger partial charge in [-0.1, -0.05) is 96.9 Å². The molecule has 16 heteroatoms. The highest BCUT2D eigenvalue weighted by Gasteiger charge is 2.61. The number of nitrogens with zero attached hydrogens (tertiary/aromatic N) is 4. The summed E-state index contributed by atoms with van der Waals surface area (Å²) in [6, 6.07) is 2.79. The molecule has 2 rings (SSSR count). The lowest BCUT2D eigenvalue weighted by atomic mass is 10.3. The summed E-state index contributed by atoms with van der Waals surface area (Å²) < 4.78 is 10.5. The molecule has 0 radical (unpaired) electrons. The van der Waals surface area contributed by atoms with Crippen LogP contribution in [0.15, 0.2) is 0 Å². The fourth-order valence-corrected chi connectivity index (χ4v) is 21.4. The van der Waals surface area contributed by atoms with E-state index < -0.39 is 34.2 Å². The maximum absolute atomic E-state index is 4.02. The van der Waals surface area contributed by atoms with E-state index in [-0.39, 0.29) is 0 Å². The fraction of sp³-hybridized carbons (Fsp3) is 1.00. The van der Waals surface area contributed by atoms with E-state index in [0.29, 0.717) is 42.3 Å². The Labute approximate surface area is 265 Å². The predicted molar refractivity (Wildman–Crippen MR) is 191 cm³/mol. The minimum Gasteiger partial charge on any atom is -0.286 e. The second-order valence-electron chi connectivity index (χ2n) is 15.1. The highest BCUT2D eigenvalue weighted by molar-refractivity contribution is 6.80. The Balaban J connectivity index is 0.000000738. The van der Waals surface area contributed by atoms with Crippen molar-refractivity contribution >= 4 is 34.2 Å². The van der Waals surface area contributed by atoms with E-state index in [1.165, 1.54) is 0 Å². The summed E-state index contributed by atoms with van der Waals surface area (Å²) in [5.41, 5.74) is 0. The van der Waals surface area contributed by atoms with Crippen molar-refractivity contribution in [3.63, 3.8) is 0 Å². The molecule has 0 saturated carbocycles. The van der Waals surface area contributed by atoms with Crippen LogP contribution in [0.1, 0.15) is 96.9 Å². The van der Waals surface area contributed by atoms with Crippen LogP contribution in [0.4, 0.5) is 0 Å². The quantitative estimate of drug-likeness (QED) is 0.155. The maximum atomic E-state index is 4.02. The van der Waals surface area contributed by atoms with Crippen molar-refractivity contribution in [2.45, 2.75) is 165 Å². The third-order valence-electron chi connectivity index (χ3n) is 7.94. The SMILES string of the molecule is CC(C)N(C)[Si]1(N(C(C)C)C(C)C)NN[Si](N(C(C)C)C(C)C)(N(C(C)C)C(C)C)NN1.C[Si]1(C)NN[Si](C)(C)NN1. The highest BCUT2D eigenvalue weighted by atomic mass is 28.4. The summed E-state index contributed by atoms with van der Waals surface area (Å²) >= 11 is 0. The van der Waals surface area contributed by atoms with Crippen LogP contribution in [0.25, 0.3) is 0 Å². The lowest BCUT2D eigenvalue weighted by Gasteiger charge is -2.62. The summed E-state index contributed by atoms with van der Waals surface area (Å²) in [5, 5.41) is 29.3. The van der Waals surface area contributed by atoms with Crippen molar-refractivity contribution in [2.75, 3.05) is 7.05 Å². The Morgan fingerprint density at radius 3 is 0.762 bits per heavy atom. The van der Waals surface area contributed by atoms with E-state index in [4.69, 9.17) is 0 Å². The van der Waals surface area contributed by atoms with Gasteiger partial charge in [-0.05, 0) is 33.2 Å². The van der Waals surface area contributed by atoms with E-state index in [2.05, 4.69) is 189 Å². The van der Waals surface area contributed by atoms with Gasteiger partial charge >= 0.3 is 17.4 Å². The summed E-state index contributed by atoms with van der Waals surface area (Å²) in [6.07, 6.45) is 0. The highest BCUT2D eigenvalue weighted by Crippen LogP contribution is 2.26. The molecule has 0 bridgehead atoms. The summed E-state index contributed by atoms with van der Waals surface area (Å²) in [5.74, 6) is 0. The van der Waals surface area contributed by atoms with Gasteiger partial charge in [0.15, 0.2) is 0 Å². The molecule has 252 valence electrons. The minimum absolute atomic E-state index is 0.397. The summed E-state index contributed by atoms with van der Waals surface area (Å²) in [7, 11) is -5.54. The zero-order valence-corrected chi connectivity index (χ0v) is 34.8. The number of hydrogen-bond donors (Lipinski definition) is 8. The van der Waals surface area contributed by atoms with Crippen molar-refractivity contribution in [3.8, 4) is 0 Å². The normalized spacial score (nSPS) is 22.1. The molecule has 2 aliphatic rings. The van der Waals surface area contributed by atoms with Crippen molar-refractivity contribution in [3.05, 3.63) is 0 Å². The molecule has 8 N–H and O–H groups in total. The molecule has 2 saturated heterocycles. The van der Waals surface area contributed by atoms with Crippen LogP contribution in [0.3, 0.4) is 0 Å². The summed E-state index contributed by atoms with van der Waals surface area (Å²) in [4.78, 5) is 0. The first kappa shape index (κ1) is 40.4. The van der Waals surface area contributed by atoms with Crippen LogP contribution < -0.4 is 40.7 Å². The van der Waals surface area contributed by atoms with E-state index in [1.54, 1.807) is 0 Å². The van der Waals surface area contributed by atoms with Crippen molar-refractivity contribution in [2.24, 2.45) is 0 Å². The molecule has 0 spiro atoms. The Kier molecular flexibility index (Phi) is 15.2. The molecule has 0 aliphatic carbocycles. The zero-order valence-electron chi connectivity index (χ0n) is 30.8. The Hall–Kier alpha value is 0.388. The van der Waals surface area contributed by atoms with Gasteiger partial charge in [0.1, 0.15) is 0 Å². The summed E-state index contributed by atoms with van der Waals surface area (Å²) in [6.45, 7) is 41.1. The average molecular weight is 665 g/mol. The Morgan fingerprint density at radius 1 is 0.333 bits per heavy atom. The Morgan fingerprint density at radius 2 is 0.548 bits per heavy atom. The molecule has 0 aromatic heterocycles. The van der Waals surface area contributed by atoms with E-state index in [1.807, 2.05) is 0 Å². The molecule has 42 heavy (non-hydrogen) atoms. The van der Waals surface area contributed by atoms with Gasteiger partial charge in [0.05, 0.1) is 0 Å². The standard InChI is InChI=1S/C22H56N8Si2.C4H16N4Si2/c1-16(2)27(15)31(28(17(3)4)18(5)6)23-25-32(26-24-31,29(19(7)8)20(9)10)30(21(11)12)22(13)14;1-9(2)5-7-10(3,4)8-6-9/h16-26H,1-15H3;5-8H,1-4H3. The fourth-order valence-electron chi connectivity index (χ4n) is 6.38. The third kappa shape index (κ3) is 9.70. The molecular weight excluding hydrogens is 593 g/mol. The molecule has 12 nitrogen and oxygen atoms in total. The van der Waals surface area contributed by atoms with Gasteiger partial charge in [-0.25, -0.2) is 20.4 Å². The molecule has 0 aromatic carbocycles. The monoisotopic (exact) mass is 665 g/mol. The van der Waals surface area contributed by atoms with Crippen molar-refractivity contribution in [1.29, 1.82) is 0 Å². The van der Waals surface area contributed by atoms with Gasteiger partial charge in [-0.2, -0.15) is 0 Å². The predicted octanol–water partition coefficient (Wildman–Crippen LogP) is 2.35. The van der Waals surface area contributed by atoms with Crippen LogP contribution in [0.5, 0.6) is 0 Å². The molecular formula is C26H72N12Si4. The molecule has 2 fully saturated rings. The van der Waals surface area contributed by atoms with E-state index in [0.717, 1.165) is 0 Å². The molecule has 2 heterocycles. The number of nitrogens with one attached hydrogen (secondary N) is 8. The molecule has 0 amide bonds. The minimum atomic E-state index is -2.55. The lowest BCUT2D eigenvalue weighted by molar-refractivity contribution is 0.158. The van der Waals surface area contributed by atoms with Crippen LogP contribution in [-0.4, -0.2) is 102 Å². The molecule has 0 unspecified atom stereocenters. The first-order valence-electron chi connectivity index (χ1n) is 16.2. The first-order valence-corrected chi connectivity index (χ1v) is 26.0. The largest absolute Gasteiger partial charge is 0.398 e. The third-order valence-corrected chi connectivity index (χ3v) is 20.7. The van der Waals surface area contributed by atoms with E-state index in [9.17, 15) is 0 Å². The van der Waals surface area contributed by atoms with Crippen LogP contribution in [-0.2, 0) is 0 Å². The molecule has 0 atom stereocenters. The molecule has 2 aliphatic heterocycles. The smallest absolute Gasteiger partial charge is 0.286 e. The van der Waals surface area contributed by atoms with Gasteiger partial charge in [-0.15, -0.1) is 0 Å². The van der Waals surface area contributed by atoms with Gasteiger partial charge < -0.3 is 0 Å². The van der Waals surface area contributed by atoms with Gasteiger partial charge in [-0.3, -0.25) is 38.6 Å². The van der Waals surface area contributed by atoms with Gasteiger partial charge in [0.2, 0.25) is 16.8 Å². The van der Waals surface area contributed by atoms with Crippen molar-refractivity contribution in [1.82, 2.24) is 59.0 Å². The maximum Gasteiger partial charge on any atom is 0.398 e. The number of hydrazine groups is 4. The Bertz CT molecular complexity index is 728. The number of hydrogen-bond acceptors (Lipinski definition) is 12. The van der Waals surface area contributed by atoms with E-state index >= 15 is 0 Å². The van der Waals surface area contributed by atoms with Crippen LogP contribution in [0, 0.1) is 0 Å². The van der Waals surface area contributed by atoms with Crippen molar-refractivity contribution < 1.29 is 0 Å². The zero-order chi connectivity index (χ0) is 33.0. The number of rotatable bonds is 11. The molecule has 0 aromatic rings. The average Bonchev–Trinajstić information content (AvgIpc) is 2.81.